The molecule has 2 atom stereocenters. The predicted octanol–water partition coefficient (Wildman–Crippen LogP) is 1.99. The highest BCUT2D eigenvalue weighted by molar-refractivity contribution is 5.79. The Bertz CT molecular complexity index is 661. The summed E-state index contributed by atoms with van der Waals surface area (Å²) in [6.45, 7) is 12.2. The Hall–Kier alpha value is -2.05. The van der Waals surface area contributed by atoms with E-state index in [2.05, 4.69) is 22.9 Å². The number of carbonyl (C=O) groups excluding carboxylic acids is 1. The maximum Gasteiger partial charge on any atom is 0.227 e. The average molecular weight is 360 g/mol. The zero-order valence-corrected chi connectivity index (χ0v) is 15.6. The molecule has 1 N–H and O–H groups in total. The fourth-order valence-electron chi connectivity index (χ4n) is 3.35. The second kappa shape index (κ2) is 8.56. The van der Waals surface area contributed by atoms with Crippen LogP contribution >= 0.6 is 0 Å². The summed E-state index contributed by atoms with van der Waals surface area (Å²) in [5.41, 5.74) is 2.11. The number of rotatable bonds is 7. The minimum absolute atomic E-state index is 0.0551. The molecule has 1 amide bonds. The van der Waals surface area contributed by atoms with Gasteiger partial charge < -0.3 is 19.5 Å². The fourth-order valence-corrected chi connectivity index (χ4v) is 3.35. The van der Waals surface area contributed by atoms with E-state index in [1.54, 1.807) is 0 Å². The second-order valence-electron chi connectivity index (χ2n) is 7.09. The molecule has 0 unspecified atom stereocenters. The summed E-state index contributed by atoms with van der Waals surface area (Å²) < 4.78 is 17.1. The van der Waals surface area contributed by atoms with Crippen molar-refractivity contribution >= 4 is 5.91 Å². The van der Waals surface area contributed by atoms with Crippen molar-refractivity contribution in [2.45, 2.75) is 26.4 Å². The van der Waals surface area contributed by atoms with Crippen LogP contribution in [0, 0.1) is 5.92 Å². The minimum Gasteiger partial charge on any atom is -0.490 e. The molecule has 142 valence electrons. The Labute approximate surface area is 155 Å². The quantitative estimate of drug-likeness (QED) is 0.754. The van der Waals surface area contributed by atoms with Crippen molar-refractivity contribution in [1.82, 2.24) is 10.2 Å². The van der Waals surface area contributed by atoms with E-state index >= 15 is 0 Å². The van der Waals surface area contributed by atoms with Gasteiger partial charge in [0.1, 0.15) is 6.61 Å². The lowest BCUT2D eigenvalue weighted by molar-refractivity contribution is -0.125. The lowest BCUT2D eigenvalue weighted by Gasteiger charge is -2.27. The van der Waals surface area contributed by atoms with Crippen molar-refractivity contribution < 1.29 is 19.0 Å². The van der Waals surface area contributed by atoms with E-state index in [4.69, 9.17) is 14.2 Å². The maximum atomic E-state index is 12.1. The molecule has 2 saturated heterocycles. The minimum atomic E-state index is -0.105. The monoisotopic (exact) mass is 360 g/mol. The molecular weight excluding hydrogens is 332 g/mol. The first-order valence-electron chi connectivity index (χ1n) is 9.18. The molecule has 1 aromatic carbocycles. The third kappa shape index (κ3) is 4.77. The first-order valence-corrected chi connectivity index (χ1v) is 9.18. The van der Waals surface area contributed by atoms with Crippen LogP contribution in [-0.4, -0.2) is 56.4 Å². The van der Waals surface area contributed by atoms with E-state index in [0.717, 1.165) is 35.7 Å². The number of amides is 1. The molecule has 2 bridgehead atoms. The van der Waals surface area contributed by atoms with Crippen LogP contribution in [0.5, 0.6) is 11.5 Å². The highest BCUT2D eigenvalue weighted by Gasteiger charge is 2.33. The first-order chi connectivity index (χ1) is 12.5. The first kappa shape index (κ1) is 18.7. The topological polar surface area (TPSA) is 60.0 Å². The van der Waals surface area contributed by atoms with Crippen LogP contribution in [0.3, 0.4) is 0 Å². The molecule has 6 heteroatoms. The van der Waals surface area contributed by atoms with Crippen molar-refractivity contribution in [1.29, 1.82) is 0 Å². The molecule has 0 radical (unpaired) electrons. The van der Waals surface area contributed by atoms with Gasteiger partial charge in [0.25, 0.3) is 0 Å². The van der Waals surface area contributed by atoms with Crippen LogP contribution in [0.25, 0.3) is 0 Å². The van der Waals surface area contributed by atoms with Crippen LogP contribution in [0.15, 0.2) is 30.4 Å². The Kier molecular flexibility index (Phi) is 6.16. The van der Waals surface area contributed by atoms with Gasteiger partial charge in [-0.25, -0.2) is 0 Å². The summed E-state index contributed by atoms with van der Waals surface area (Å²) in [7, 11) is 0. The highest BCUT2D eigenvalue weighted by Crippen LogP contribution is 2.30. The molecule has 1 aromatic rings. The molecule has 26 heavy (non-hydrogen) atoms. The van der Waals surface area contributed by atoms with Gasteiger partial charge in [-0.3, -0.25) is 9.69 Å². The van der Waals surface area contributed by atoms with Crippen molar-refractivity contribution in [3.8, 4) is 11.5 Å². The number of nitrogens with zero attached hydrogens (tertiary/aromatic N) is 1. The van der Waals surface area contributed by atoms with Gasteiger partial charge in [0.2, 0.25) is 5.91 Å². The van der Waals surface area contributed by atoms with E-state index in [9.17, 15) is 4.79 Å². The normalized spacial score (nSPS) is 23.1. The van der Waals surface area contributed by atoms with E-state index in [0.29, 0.717) is 33.0 Å². The number of hydrogen-bond acceptors (Lipinski definition) is 5. The van der Waals surface area contributed by atoms with Crippen molar-refractivity contribution in [3.05, 3.63) is 35.9 Å². The largest absolute Gasteiger partial charge is 0.490 e. The molecule has 3 rings (SSSR count). The Morgan fingerprint density at radius 2 is 2.15 bits per heavy atom. The molecule has 2 aliphatic heterocycles. The molecule has 0 aliphatic carbocycles. The number of ether oxygens (including phenoxy) is 3. The number of benzene rings is 1. The summed E-state index contributed by atoms with van der Waals surface area (Å²) >= 11 is 0. The molecule has 2 aliphatic rings. The highest BCUT2D eigenvalue weighted by atomic mass is 16.5. The fraction of sp³-hybridized carbons (Fsp3) is 0.550. The molecular formula is C20H28N2O4. The Balaban J connectivity index is 1.71. The van der Waals surface area contributed by atoms with Crippen LogP contribution in [-0.2, 0) is 16.1 Å². The molecule has 6 nitrogen and oxygen atoms in total. The third-order valence-electron chi connectivity index (χ3n) is 4.50. The van der Waals surface area contributed by atoms with Gasteiger partial charge in [0, 0.05) is 19.6 Å². The number of fused-ring (bicyclic) bond motifs is 3. The summed E-state index contributed by atoms with van der Waals surface area (Å²) in [6, 6.07) is 6.10. The van der Waals surface area contributed by atoms with E-state index < -0.39 is 0 Å². The number of hydrogen-bond donors (Lipinski definition) is 1. The van der Waals surface area contributed by atoms with Gasteiger partial charge in [-0.05, 0) is 37.1 Å². The van der Waals surface area contributed by atoms with Gasteiger partial charge in [-0.2, -0.15) is 0 Å². The summed E-state index contributed by atoms with van der Waals surface area (Å²) in [5.74, 6) is 1.48. The average Bonchev–Trinajstić information content (AvgIpc) is 2.83. The summed E-state index contributed by atoms with van der Waals surface area (Å²) in [4.78, 5) is 14.5. The Morgan fingerprint density at radius 3 is 2.92 bits per heavy atom. The van der Waals surface area contributed by atoms with E-state index in [-0.39, 0.29) is 17.9 Å². The zero-order chi connectivity index (χ0) is 18.5. The van der Waals surface area contributed by atoms with Gasteiger partial charge in [0.05, 0.1) is 31.8 Å². The summed E-state index contributed by atoms with van der Waals surface area (Å²) in [6.07, 6.45) is 0. The second-order valence-corrected chi connectivity index (χ2v) is 7.09. The lowest BCUT2D eigenvalue weighted by atomic mass is 10.1. The SMILES string of the molecule is C=C(C)COc1ccc(CN2C[C@H]3COC[C@@H](C2)C(=O)N3)cc1OCC. The van der Waals surface area contributed by atoms with Crippen LogP contribution in [0.1, 0.15) is 19.4 Å². The van der Waals surface area contributed by atoms with Gasteiger partial charge >= 0.3 is 0 Å². The number of carbonyl (C=O) groups is 1. The number of nitrogens with one attached hydrogen (secondary N) is 1. The standard InChI is InChI=1S/C20H28N2O4/c1-4-25-19-7-15(5-6-18(19)26-11-14(2)3)8-22-9-16-12-24-13-17(10-22)21-20(16)23/h5-7,16-17H,2,4,8-13H2,1,3H3,(H,21,23)/t16-,17+/m1/s1. The van der Waals surface area contributed by atoms with Gasteiger partial charge in [-0.15, -0.1) is 0 Å². The molecule has 0 saturated carbocycles. The molecule has 0 spiro atoms. The van der Waals surface area contributed by atoms with Crippen molar-refractivity contribution in [3.63, 3.8) is 0 Å². The lowest BCUT2D eigenvalue weighted by Crippen LogP contribution is -2.41. The smallest absolute Gasteiger partial charge is 0.227 e. The third-order valence-corrected chi connectivity index (χ3v) is 4.50. The van der Waals surface area contributed by atoms with Gasteiger partial charge in [0.15, 0.2) is 11.5 Å². The molecule has 0 aromatic heterocycles. The van der Waals surface area contributed by atoms with Crippen LogP contribution in [0.4, 0.5) is 0 Å². The zero-order valence-electron chi connectivity index (χ0n) is 15.6. The van der Waals surface area contributed by atoms with Crippen LogP contribution in [0.2, 0.25) is 0 Å². The molecule has 2 fully saturated rings. The van der Waals surface area contributed by atoms with Crippen molar-refractivity contribution in [2.75, 3.05) is 39.5 Å². The van der Waals surface area contributed by atoms with E-state index in [1.165, 1.54) is 0 Å². The van der Waals surface area contributed by atoms with Crippen molar-refractivity contribution in [2.24, 2.45) is 5.92 Å². The Morgan fingerprint density at radius 1 is 1.31 bits per heavy atom. The van der Waals surface area contributed by atoms with Crippen LogP contribution < -0.4 is 14.8 Å². The van der Waals surface area contributed by atoms with Gasteiger partial charge in [-0.1, -0.05) is 12.6 Å². The maximum absolute atomic E-state index is 12.1. The molecule has 2 heterocycles. The summed E-state index contributed by atoms with van der Waals surface area (Å²) in [5, 5.41) is 3.07. The predicted molar refractivity (Wildman–Crippen MR) is 99.4 cm³/mol. The van der Waals surface area contributed by atoms with E-state index in [1.807, 2.05) is 26.0 Å².